The first-order chi connectivity index (χ1) is 9.85. The van der Waals surface area contributed by atoms with Gasteiger partial charge in [0.1, 0.15) is 0 Å². The Morgan fingerprint density at radius 1 is 1.15 bits per heavy atom. The number of rotatable bonds is 3. The monoisotopic (exact) mass is 263 g/mol. The first-order valence-electron chi connectivity index (χ1n) is 5.86. The maximum Gasteiger partial charge on any atom is 0.320 e. The zero-order valence-corrected chi connectivity index (χ0v) is 10.3. The summed E-state index contributed by atoms with van der Waals surface area (Å²) in [6.07, 6.45) is 3.32. The molecular formula is C14H9N5O. The van der Waals surface area contributed by atoms with Crippen molar-refractivity contribution < 1.29 is 4.42 Å². The van der Waals surface area contributed by atoms with Crippen molar-refractivity contribution in [2.45, 2.75) is 0 Å². The summed E-state index contributed by atoms with van der Waals surface area (Å²) in [4.78, 5) is 3.99. The molecule has 6 heteroatoms. The summed E-state index contributed by atoms with van der Waals surface area (Å²) in [5.74, 6) is 0.386. The van der Waals surface area contributed by atoms with Crippen LogP contribution in [0.4, 0.5) is 11.7 Å². The molecule has 2 heterocycles. The van der Waals surface area contributed by atoms with Gasteiger partial charge in [-0.25, -0.2) is 0 Å². The fourth-order valence-corrected chi connectivity index (χ4v) is 1.67. The molecule has 1 aromatic carbocycles. The quantitative estimate of drug-likeness (QED) is 0.781. The minimum Gasteiger partial charge on any atom is -0.403 e. The maximum absolute atomic E-state index is 8.84. The maximum atomic E-state index is 8.84. The second kappa shape index (κ2) is 5.20. The number of pyridine rings is 1. The average Bonchev–Trinajstić information content (AvgIpc) is 2.97. The van der Waals surface area contributed by atoms with E-state index in [4.69, 9.17) is 9.68 Å². The molecule has 0 unspecified atom stereocenters. The molecule has 0 fully saturated rings. The van der Waals surface area contributed by atoms with E-state index in [1.165, 1.54) is 0 Å². The zero-order chi connectivity index (χ0) is 13.8. The van der Waals surface area contributed by atoms with Crippen molar-refractivity contribution in [3.8, 4) is 17.5 Å². The van der Waals surface area contributed by atoms with Crippen molar-refractivity contribution >= 4 is 11.7 Å². The van der Waals surface area contributed by atoms with Crippen LogP contribution in [0.5, 0.6) is 0 Å². The molecular weight excluding hydrogens is 254 g/mol. The van der Waals surface area contributed by atoms with Crippen LogP contribution >= 0.6 is 0 Å². The molecule has 2 aromatic heterocycles. The molecule has 0 bridgehead atoms. The number of benzene rings is 1. The van der Waals surface area contributed by atoms with E-state index < -0.39 is 0 Å². The smallest absolute Gasteiger partial charge is 0.320 e. The van der Waals surface area contributed by atoms with Crippen LogP contribution in [0.25, 0.3) is 11.5 Å². The topological polar surface area (TPSA) is 87.6 Å². The summed E-state index contributed by atoms with van der Waals surface area (Å²) in [5.41, 5.74) is 2.02. The Morgan fingerprint density at radius 3 is 2.90 bits per heavy atom. The van der Waals surface area contributed by atoms with Gasteiger partial charge in [0, 0.05) is 18.1 Å². The summed E-state index contributed by atoms with van der Waals surface area (Å²) in [6, 6.07) is 13.0. The third-order valence-electron chi connectivity index (χ3n) is 2.58. The minimum atomic E-state index is 0.263. The van der Waals surface area contributed by atoms with Crippen molar-refractivity contribution in [2.75, 3.05) is 5.32 Å². The van der Waals surface area contributed by atoms with Gasteiger partial charge in [0.2, 0.25) is 0 Å². The molecule has 3 aromatic rings. The third kappa shape index (κ3) is 2.47. The normalized spacial score (nSPS) is 9.95. The summed E-state index contributed by atoms with van der Waals surface area (Å²) in [6.45, 7) is 0. The van der Waals surface area contributed by atoms with Gasteiger partial charge < -0.3 is 9.73 Å². The van der Waals surface area contributed by atoms with E-state index in [2.05, 4.69) is 26.6 Å². The molecule has 0 spiro atoms. The summed E-state index contributed by atoms with van der Waals surface area (Å²) in [7, 11) is 0. The van der Waals surface area contributed by atoms with Crippen LogP contribution in [0.2, 0.25) is 0 Å². The number of anilines is 2. The molecule has 20 heavy (non-hydrogen) atoms. The lowest BCUT2D eigenvalue weighted by molar-refractivity contribution is 0.587. The van der Waals surface area contributed by atoms with Crippen LogP contribution in [0.3, 0.4) is 0 Å². The van der Waals surface area contributed by atoms with Crippen LogP contribution in [0.1, 0.15) is 5.56 Å². The van der Waals surface area contributed by atoms with Crippen LogP contribution < -0.4 is 5.32 Å². The molecule has 3 rings (SSSR count). The highest BCUT2D eigenvalue weighted by Gasteiger charge is 2.08. The number of aromatic nitrogens is 3. The lowest BCUT2D eigenvalue weighted by Crippen LogP contribution is -1.90. The molecule has 0 amide bonds. The standard InChI is InChI=1S/C14H9N5O/c15-8-10-3-1-5-12(7-10)17-14-19-18-13(20-14)11-4-2-6-16-9-11/h1-7,9H,(H,17,19). The summed E-state index contributed by atoms with van der Waals surface area (Å²) < 4.78 is 5.49. The Morgan fingerprint density at radius 2 is 2.10 bits per heavy atom. The van der Waals surface area contributed by atoms with Gasteiger partial charge in [-0.2, -0.15) is 5.26 Å². The van der Waals surface area contributed by atoms with Crippen molar-refractivity contribution in [1.82, 2.24) is 15.2 Å². The molecule has 0 aliphatic heterocycles. The SMILES string of the molecule is N#Cc1cccc(Nc2nnc(-c3cccnc3)o2)c1. The van der Waals surface area contributed by atoms with Gasteiger partial charge in [-0.3, -0.25) is 4.98 Å². The highest BCUT2D eigenvalue weighted by molar-refractivity contribution is 5.57. The first kappa shape index (κ1) is 11.9. The van der Waals surface area contributed by atoms with Crippen molar-refractivity contribution in [3.63, 3.8) is 0 Å². The van der Waals surface area contributed by atoms with E-state index in [0.717, 1.165) is 5.56 Å². The van der Waals surface area contributed by atoms with Gasteiger partial charge in [0.15, 0.2) is 0 Å². The minimum absolute atomic E-state index is 0.263. The van der Waals surface area contributed by atoms with E-state index in [1.54, 1.807) is 36.7 Å². The molecule has 0 aliphatic rings. The number of nitrogens with zero attached hydrogens (tertiary/aromatic N) is 4. The molecule has 0 saturated heterocycles. The number of hydrogen-bond donors (Lipinski definition) is 1. The lowest BCUT2D eigenvalue weighted by atomic mass is 10.2. The van der Waals surface area contributed by atoms with Crippen LogP contribution in [-0.4, -0.2) is 15.2 Å². The Kier molecular flexibility index (Phi) is 3.08. The van der Waals surface area contributed by atoms with E-state index in [9.17, 15) is 0 Å². The highest BCUT2D eigenvalue weighted by atomic mass is 16.4. The molecule has 0 atom stereocenters. The fraction of sp³-hybridized carbons (Fsp3) is 0. The fourth-order valence-electron chi connectivity index (χ4n) is 1.67. The van der Waals surface area contributed by atoms with Gasteiger partial charge in [-0.15, -0.1) is 5.10 Å². The van der Waals surface area contributed by atoms with E-state index >= 15 is 0 Å². The summed E-state index contributed by atoms with van der Waals surface area (Å²) in [5, 5.41) is 19.6. The van der Waals surface area contributed by atoms with Crippen LogP contribution in [-0.2, 0) is 0 Å². The third-order valence-corrected chi connectivity index (χ3v) is 2.58. The van der Waals surface area contributed by atoms with Gasteiger partial charge in [-0.05, 0) is 30.3 Å². The van der Waals surface area contributed by atoms with E-state index in [0.29, 0.717) is 17.1 Å². The highest BCUT2D eigenvalue weighted by Crippen LogP contribution is 2.21. The number of hydrogen-bond acceptors (Lipinski definition) is 6. The molecule has 0 saturated carbocycles. The largest absolute Gasteiger partial charge is 0.403 e. The second-order valence-corrected chi connectivity index (χ2v) is 3.97. The molecule has 96 valence electrons. The molecule has 0 aliphatic carbocycles. The predicted octanol–water partition coefficient (Wildman–Crippen LogP) is 2.75. The molecule has 0 radical (unpaired) electrons. The Hall–Kier alpha value is -3.20. The number of nitriles is 1. The Balaban J connectivity index is 1.83. The Labute approximate surface area is 114 Å². The lowest BCUT2D eigenvalue weighted by Gasteiger charge is -2.00. The zero-order valence-electron chi connectivity index (χ0n) is 10.3. The summed E-state index contributed by atoms with van der Waals surface area (Å²) >= 11 is 0. The molecule has 1 N–H and O–H groups in total. The van der Waals surface area contributed by atoms with Crippen molar-refractivity contribution in [2.24, 2.45) is 0 Å². The predicted molar refractivity (Wildman–Crippen MR) is 72.0 cm³/mol. The van der Waals surface area contributed by atoms with E-state index in [-0.39, 0.29) is 6.01 Å². The van der Waals surface area contributed by atoms with Crippen LogP contribution in [0.15, 0.2) is 53.2 Å². The van der Waals surface area contributed by atoms with Gasteiger partial charge in [0.05, 0.1) is 17.2 Å². The van der Waals surface area contributed by atoms with Crippen molar-refractivity contribution in [1.29, 1.82) is 5.26 Å². The van der Waals surface area contributed by atoms with E-state index in [1.807, 2.05) is 12.1 Å². The Bertz CT molecular complexity index is 760. The van der Waals surface area contributed by atoms with Gasteiger partial charge >= 0.3 is 6.01 Å². The first-order valence-corrected chi connectivity index (χ1v) is 5.86. The van der Waals surface area contributed by atoms with Crippen LogP contribution in [0, 0.1) is 11.3 Å². The van der Waals surface area contributed by atoms with Gasteiger partial charge in [0.25, 0.3) is 5.89 Å². The van der Waals surface area contributed by atoms with Crippen molar-refractivity contribution in [3.05, 3.63) is 54.4 Å². The number of nitrogens with one attached hydrogen (secondary N) is 1. The average molecular weight is 263 g/mol. The second-order valence-electron chi connectivity index (χ2n) is 3.97. The molecule has 6 nitrogen and oxygen atoms in total. The van der Waals surface area contributed by atoms with Gasteiger partial charge in [-0.1, -0.05) is 11.2 Å².